The lowest BCUT2D eigenvalue weighted by atomic mass is 9.60. The molecule has 0 spiro atoms. The molecule has 33 heavy (non-hydrogen) atoms. The minimum atomic E-state index is -0.522. The van der Waals surface area contributed by atoms with Crippen LogP contribution in [0.2, 0.25) is 0 Å². The van der Waals surface area contributed by atoms with Crippen LogP contribution in [0.3, 0.4) is 0 Å². The van der Waals surface area contributed by atoms with E-state index in [1.54, 1.807) is 0 Å². The van der Waals surface area contributed by atoms with E-state index < -0.39 is 11.2 Å². The first-order valence-corrected chi connectivity index (χ1v) is 11.8. The number of rotatable bonds is 2. The monoisotopic (exact) mass is 422 g/mol. The molecule has 1 saturated heterocycles. The Morgan fingerprint density at radius 3 is 1.39 bits per heavy atom. The highest BCUT2D eigenvalue weighted by molar-refractivity contribution is 5.94. The van der Waals surface area contributed by atoms with Crippen molar-refractivity contribution in [2.45, 2.75) is 23.0 Å². The molecule has 1 aliphatic carbocycles. The van der Waals surface area contributed by atoms with Crippen LogP contribution in [-0.4, -0.2) is 0 Å². The van der Waals surface area contributed by atoms with E-state index in [0.717, 1.165) is 0 Å². The van der Waals surface area contributed by atoms with Crippen LogP contribution >= 0.6 is 0 Å². The normalized spacial score (nSPS) is 28.1. The van der Waals surface area contributed by atoms with E-state index >= 15 is 0 Å². The van der Waals surface area contributed by atoms with Crippen LogP contribution < -0.4 is 0 Å². The van der Waals surface area contributed by atoms with Crippen LogP contribution in [0.5, 0.6) is 0 Å². The van der Waals surface area contributed by atoms with E-state index in [0.29, 0.717) is 0 Å². The van der Waals surface area contributed by atoms with Gasteiger partial charge in [0.1, 0.15) is 11.2 Å². The third-order valence-corrected chi connectivity index (χ3v) is 8.30. The third kappa shape index (κ3) is 1.91. The summed E-state index contributed by atoms with van der Waals surface area (Å²) in [5.41, 5.74) is 6.91. The molecule has 3 aliphatic rings. The number of ether oxygens (including phenoxy) is 1. The van der Waals surface area contributed by atoms with Crippen molar-refractivity contribution in [2.24, 2.45) is 0 Å². The van der Waals surface area contributed by atoms with Crippen LogP contribution in [-0.2, 0) is 15.9 Å². The summed E-state index contributed by atoms with van der Waals surface area (Å²) < 4.78 is 7.55. The first kappa shape index (κ1) is 17.8. The van der Waals surface area contributed by atoms with Crippen LogP contribution in [0.4, 0.5) is 0 Å². The van der Waals surface area contributed by atoms with Gasteiger partial charge in [-0.15, -0.1) is 0 Å². The Labute approximate surface area is 193 Å². The van der Waals surface area contributed by atoms with Gasteiger partial charge in [0.25, 0.3) is 0 Å². The molecule has 0 aromatic heterocycles. The van der Waals surface area contributed by atoms with Gasteiger partial charge in [0.2, 0.25) is 0 Å². The van der Waals surface area contributed by atoms with Crippen molar-refractivity contribution in [2.75, 3.05) is 0 Å². The van der Waals surface area contributed by atoms with Gasteiger partial charge < -0.3 is 4.74 Å². The summed E-state index contributed by atoms with van der Waals surface area (Å²) in [4.78, 5) is 0. The summed E-state index contributed by atoms with van der Waals surface area (Å²) in [6, 6.07) is 44.4. The van der Waals surface area contributed by atoms with Crippen molar-refractivity contribution in [3.63, 3.8) is 0 Å². The fraction of sp³-hybridized carbons (Fsp3) is 0.125. The molecule has 2 bridgehead atoms. The van der Waals surface area contributed by atoms with Gasteiger partial charge in [0, 0.05) is 11.8 Å². The average Bonchev–Trinajstić information content (AvgIpc) is 3.51. The fourth-order valence-electron chi connectivity index (χ4n) is 7.30. The van der Waals surface area contributed by atoms with Crippen molar-refractivity contribution < 1.29 is 4.74 Å². The number of benzene rings is 5. The molecule has 1 heteroatoms. The van der Waals surface area contributed by atoms with E-state index in [2.05, 4.69) is 121 Å². The zero-order chi connectivity index (χ0) is 21.6. The lowest BCUT2D eigenvalue weighted by Crippen LogP contribution is -2.35. The van der Waals surface area contributed by atoms with Crippen molar-refractivity contribution >= 4 is 10.8 Å². The van der Waals surface area contributed by atoms with Crippen molar-refractivity contribution in [3.05, 3.63) is 155 Å². The predicted octanol–water partition coefficient (Wildman–Crippen LogP) is 7.25. The maximum Gasteiger partial charge on any atom is 0.128 e. The predicted molar refractivity (Wildman–Crippen MR) is 131 cm³/mol. The van der Waals surface area contributed by atoms with E-state index in [4.69, 9.17) is 4.74 Å². The molecule has 0 unspecified atom stereocenters. The Morgan fingerprint density at radius 2 is 0.909 bits per heavy atom. The molecule has 5 aromatic rings. The first-order valence-electron chi connectivity index (χ1n) is 11.8. The van der Waals surface area contributed by atoms with Gasteiger partial charge in [-0.25, -0.2) is 0 Å². The maximum atomic E-state index is 7.55. The summed E-state index contributed by atoms with van der Waals surface area (Å²) >= 11 is 0. The molecule has 2 aliphatic heterocycles. The van der Waals surface area contributed by atoms with Gasteiger partial charge >= 0.3 is 0 Å². The molecule has 1 nitrogen and oxygen atoms in total. The smallest absolute Gasteiger partial charge is 0.128 e. The minimum Gasteiger partial charge on any atom is -0.348 e. The van der Waals surface area contributed by atoms with Crippen molar-refractivity contribution in [3.8, 4) is 0 Å². The fourth-order valence-corrected chi connectivity index (χ4v) is 7.30. The van der Waals surface area contributed by atoms with Gasteiger partial charge in [-0.05, 0) is 44.2 Å². The molecule has 1 fully saturated rings. The van der Waals surface area contributed by atoms with Gasteiger partial charge in [0.05, 0.1) is 0 Å². The Kier molecular flexibility index (Phi) is 3.24. The minimum absolute atomic E-state index is 0.219. The standard InChI is InChI=1S/C32H22O/c1-3-13-22(14-4-1)31-26-19-7-8-20-27(26)32(33-31,23-15-5-2-6-16-23)30-25-18-10-12-21-11-9-17-24(28(21)25)29(30)31/h1-20,29-30H/t29-,30-,31-,32+/m0/s1. The number of hydrogen-bond donors (Lipinski definition) is 0. The molecule has 0 saturated carbocycles. The topological polar surface area (TPSA) is 9.23 Å². The molecular weight excluding hydrogens is 400 g/mol. The highest BCUT2D eigenvalue weighted by Crippen LogP contribution is 2.76. The van der Waals surface area contributed by atoms with Crippen LogP contribution in [0.1, 0.15) is 45.2 Å². The zero-order valence-electron chi connectivity index (χ0n) is 18.1. The van der Waals surface area contributed by atoms with Crippen LogP contribution in [0, 0.1) is 0 Å². The second kappa shape index (κ2) is 6.01. The highest BCUT2D eigenvalue weighted by Gasteiger charge is 2.73. The summed E-state index contributed by atoms with van der Waals surface area (Å²) in [6.45, 7) is 0. The SMILES string of the molecule is c1ccc([C@@]23O[C@@](c4ccccc4)(c4ccccc42)[C@H]2c4cccc5cccc(c45)[C@@H]23)cc1. The van der Waals surface area contributed by atoms with Crippen LogP contribution in [0.15, 0.2) is 121 Å². The summed E-state index contributed by atoms with van der Waals surface area (Å²) in [5.74, 6) is 0.437. The van der Waals surface area contributed by atoms with Gasteiger partial charge in [-0.1, -0.05) is 121 Å². The Bertz CT molecular complexity index is 1440. The maximum absolute atomic E-state index is 7.55. The molecular formula is C32H22O. The number of fused-ring (bicyclic) bond motifs is 10. The average molecular weight is 423 g/mol. The van der Waals surface area contributed by atoms with Crippen LogP contribution in [0.25, 0.3) is 10.8 Å². The van der Waals surface area contributed by atoms with Gasteiger partial charge in [-0.2, -0.15) is 0 Å². The second-order valence-corrected chi connectivity index (χ2v) is 9.60. The molecule has 8 rings (SSSR count). The van der Waals surface area contributed by atoms with E-state index in [9.17, 15) is 0 Å². The first-order chi connectivity index (χ1) is 16.4. The summed E-state index contributed by atoms with van der Waals surface area (Å²) in [6.07, 6.45) is 0. The largest absolute Gasteiger partial charge is 0.348 e. The van der Waals surface area contributed by atoms with E-state index in [1.807, 2.05) is 0 Å². The molecule has 0 radical (unpaired) electrons. The van der Waals surface area contributed by atoms with Crippen molar-refractivity contribution in [1.29, 1.82) is 0 Å². The Morgan fingerprint density at radius 1 is 0.455 bits per heavy atom. The van der Waals surface area contributed by atoms with Gasteiger partial charge in [0.15, 0.2) is 0 Å². The Balaban J connectivity index is 1.57. The summed E-state index contributed by atoms with van der Waals surface area (Å²) in [5, 5.41) is 2.75. The van der Waals surface area contributed by atoms with E-state index in [-0.39, 0.29) is 11.8 Å². The number of hydrogen-bond acceptors (Lipinski definition) is 1. The van der Waals surface area contributed by atoms with Crippen molar-refractivity contribution in [1.82, 2.24) is 0 Å². The Hall–Kier alpha value is -3.68. The molecule has 156 valence electrons. The quantitative estimate of drug-likeness (QED) is 0.291. The zero-order valence-corrected chi connectivity index (χ0v) is 18.1. The third-order valence-electron chi connectivity index (χ3n) is 8.30. The molecule has 2 heterocycles. The highest BCUT2D eigenvalue weighted by atomic mass is 16.5. The molecule has 0 amide bonds. The molecule has 0 N–H and O–H groups in total. The lowest BCUT2D eigenvalue weighted by Gasteiger charge is -2.38. The second-order valence-electron chi connectivity index (χ2n) is 9.60. The summed E-state index contributed by atoms with van der Waals surface area (Å²) in [7, 11) is 0. The van der Waals surface area contributed by atoms with Gasteiger partial charge in [-0.3, -0.25) is 0 Å². The lowest BCUT2D eigenvalue weighted by molar-refractivity contribution is -0.0480. The van der Waals surface area contributed by atoms with E-state index in [1.165, 1.54) is 44.2 Å². The molecule has 4 atom stereocenters. The molecule has 5 aromatic carbocycles.